The summed E-state index contributed by atoms with van der Waals surface area (Å²) in [6.07, 6.45) is 2.15. The predicted molar refractivity (Wildman–Crippen MR) is 227 cm³/mol. The number of nitrogens with one attached hydrogen (secondary N) is 4. The minimum Gasteiger partial charge on any atom is -0.453 e. The Labute approximate surface area is 344 Å². The summed E-state index contributed by atoms with van der Waals surface area (Å²) in [5.41, 5.74) is 5.66. The molecule has 312 valence electrons. The summed E-state index contributed by atoms with van der Waals surface area (Å²) in [6, 6.07) is 17.6. The Bertz CT molecular complexity index is 2360. The number of hydrogen-bond donors (Lipinski definition) is 4. The van der Waals surface area contributed by atoms with E-state index >= 15 is 0 Å². The number of aromatic amines is 2. The van der Waals surface area contributed by atoms with E-state index in [0.29, 0.717) is 18.5 Å². The zero-order chi connectivity index (χ0) is 42.2. The van der Waals surface area contributed by atoms with Crippen molar-refractivity contribution in [1.82, 2.24) is 40.4 Å². The molecule has 3 aromatic carbocycles. The number of amides is 4. The molecule has 2 aliphatic heterocycles. The van der Waals surface area contributed by atoms with Crippen molar-refractivity contribution in [2.75, 3.05) is 34.0 Å². The number of rotatable bonds is 11. The van der Waals surface area contributed by atoms with Gasteiger partial charge in [0, 0.05) is 25.2 Å². The van der Waals surface area contributed by atoms with E-state index in [1.165, 1.54) is 21.3 Å². The highest BCUT2D eigenvalue weighted by molar-refractivity contribution is 6.78. The molecule has 0 spiro atoms. The van der Waals surface area contributed by atoms with Gasteiger partial charge in [-0.25, -0.2) is 19.6 Å². The maximum absolute atomic E-state index is 14.0. The van der Waals surface area contributed by atoms with E-state index in [9.17, 15) is 19.2 Å². The molecule has 5 aromatic rings. The number of methoxy groups -OCH3 is 3. The minimum atomic E-state index is -1.78. The lowest BCUT2D eigenvalue weighted by Gasteiger charge is -2.30. The second-order valence-corrected chi connectivity index (χ2v) is 21.8. The maximum atomic E-state index is 14.0. The van der Waals surface area contributed by atoms with Gasteiger partial charge in [-0.1, -0.05) is 69.4 Å². The molecule has 0 radical (unpaired) electrons. The average molecular weight is 823 g/mol. The Kier molecular flexibility index (Phi) is 11.8. The molecule has 5 atom stereocenters. The topological polar surface area (TPSA) is 184 Å². The van der Waals surface area contributed by atoms with Crippen LogP contribution in [0.25, 0.3) is 44.2 Å². The largest absolute Gasteiger partial charge is 0.453 e. The van der Waals surface area contributed by atoms with Gasteiger partial charge < -0.3 is 44.6 Å². The number of likely N-dealkylation sites (tertiary alicyclic amines) is 1. The Morgan fingerprint density at radius 2 is 1.46 bits per heavy atom. The Balaban J connectivity index is 1.09. The van der Waals surface area contributed by atoms with Crippen molar-refractivity contribution < 1.29 is 33.4 Å². The van der Waals surface area contributed by atoms with Crippen LogP contribution in [0, 0.1) is 5.92 Å². The fraction of sp³-hybridized carbons (Fsp3) is 0.442. The van der Waals surface area contributed by atoms with Crippen molar-refractivity contribution in [3.05, 3.63) is 72.4 Å². The fourth-order valence-corrected chi connectivity index (χ4v) is 11.4. The molecule has 59 heavy (non-hydrogen) atoms. The van der Waals surface area contributed by atoms with Crippen molar-refractivity contribution in [1.29, 1.82) is 0 Å². The number of fused-ring (bicyclic) bond motifs is 3. The van der Waals surface area contributed by atoms with Crippen LogP contribution in [-0.2, 0) is 23.8 Å². The van der Waals surface area contributed by atoms with Crippen LogP contribution in [0.4, 0.5) is 9.59 Å². The quantitative estimate of drug-likeness (QED) is 0.105. The van der Waals surface area contributed by atoms with E-state index in [4.69, 9.17) is 19.2 Å². The van der Waals surface area contributed by atoms with Gasteiger partial charge in [-0.2, -0.15) is 0 Å². The van der Waals surface area contributed by atoms with Crippen LogP contribution in [0.15, 0.2) is 60.8 Å². The molecule has 16 heteroatoms. The van der Waals surface area contributed by atoms with Crippen LogP contribution in [0.1, 0.15) is 57.3 Å². The number of benzene rings is 3. The molecule has 2 aromatic heterocycles. The average Bonchev–Trinajstić information content (AvgIpc) is 4.06. The smallest absolute Gasteiger partial charge is 0.407 e. The van der Waals surface area contributed by atoms with Crippen LogP contribution in [-0.4, -0.2) is 114 Å². The summed E-state index contributed by atoms with van der Waals surface area (Å²) in [5, 5.41) is 7.44. The zero-order valence-electron chi connectivity index (χ0n) is 34.9. The first-order valence-electron chi connectivity index (χ1n) is 20.1. The molecular formula is C43H54N8O7Si. The third kappa shape index (κ3) is 8.41. The van der Waals surface area contributed by atoms with E-state index in [-0.39, 0.29) is 29.8 Å². The molecule has 4 heterocycles. The number of carbonyl (C=O) groups is 4. The summed E-state index contributed by atoms with van der Waals surface area (Å²) in [6.45, 7) is 10.7. The summed E-state index contributed by atoms with van der Waals surface area (Å²) in [5.74, 6) is 0.961. The first kappa shape index (κ1) is 41.4. The molecule has 4 N–H and O–H groups in total. The normalized spacial score (nSPS) is 19.2. The molecule has 2 fully saturated rings. The molecule has 0 saturated carbocycles. The van der Waals surface area contributed by atoms with Crippen LogP contribution in [0.2, 0.25) is 19.1 Å². The molecule has 15 nitrogen and oxygen atoms in total. The number of alkyl carbamates (subject to hydrolysis) is 2. The van der Waals surface area contributed by atoms with Gasteiger partial charge >= 0.3 is 12.2 Å². The summed E-state index contributed by atoms with van der Waals surface area (Å²) < 4.78 is 15.0. The molecular weight excluding hydrogens is 769 g/mol. The van der Waals surface area contributed by atoms with E-state index < -0.39 is 38.4 Å². The van der Waals surface area contributed by atoms with Gasteiger partial charge in [-0.05, 0) is 65.9 Å². The molecule has 0 unspecified atom stereocenters. The minimum absolute atomic E-state index is 0.118. The molecule has 4 amide bonds. The highest BCUT2D eigenvalue weighted by Gasteiger charge is 2.46. The number of ether oxygens (including phenoxy) is 3. The third-order valence-electron chi connectivity index (χ3n) is 11.7. The lowest BCUT2D eigenvalue weighted by molar-refractivity contribution is -0.137. The van der Waals surface area contributed by atoms with Crippen molar-refractivity contribution >= 4 is 53.9 Å². The van der Waals surface area contributed by atoms with Crippen LogP contribution >= 0.6 is 0 Å². The number of H-pyrrole nitrogens is 2. The molecule has 0 aliphatic carbocycles. The number of nitrogens with zero attached hydrogens (tertiary/aromatic N) is 4. The van der Waals surface area contributed by atoms with E-state index in [1.807, 2.05) is 24.8 Å². The summed E-state index contributed by atoms with van der Waals surface area (Å²) in [7, 11) is 2.28. The van der Waals surface area contributed by atoms with Gasteiger partial charge in [-0.15, -0.1) is 0 Å². The number of imidazole rings is 2. The van der Waals surface area contributed by atoms with Crippen LogP contribution < -0.4 is 10.6 Å². The summed E-state index contributed by atoms with van der Waals surface area (Å²) >= 11 is 0. The van der Waals surface area contributed by atoms with E-state index in [2.05, 4.69) is 87.2 Å². The number of hydrogen-bond acceptors (Lipinski definition) is 9. The van der Waals surface area contributed by atoms with Gasteiger partial charge in [0.25, 0.3) is 0 Å². The maximum Gasteiger partial charge on any atom is 0.407 e. The van der Waals surface area contributed by atoms with Gasteiger partial charge in [0.05, 0.1) is 63.4 Å². The van der Waals surface area contributed by atoms with Gasteiger partial charge in [-0.3, -0.25) is 9.59 Å². The fourth-order valence-electron chi connectivity index (χ4n) is 8.47. The van der Waals surface area contributed by atoms with Crippen LogP contribution in [0.3, 0.4) is 0 Å². The molecule has 7 rings (SSSR count). The monoisotopic (exact) mass is 822 g/mol. The Morgan fingerprint density at radius 3 is 2.14 bits per heavy atom. The SMILES string of the molecule is COC(=O)N[C@H](C(=O)N1C[Si](C)(C)C[C@H]1c1nc2c(ccc3cc(-c4ccc(-c5cnc([C@@H]6CCCN6C(=O)[C@@H](NC(=O)OC)[C@@H](C)OC)[nH]5)cc4)ccc32)[nH]1)C(C)C. The number of aromatic nitrogens is 4. The second-order valence-electron chi connectivity index (χ2n) is 16.7. The van der Waals surface area contributed by atoms with E-state index in [0.717, 1.165) is 68.9 Å². The predicted octanol–water partition coefficient (Wildman–Crippen LogP) is 6.71. The van der Waals surface area contributed by atoms with Crippen LogP contribution in [0.5, 0.6) is 0 Å². The van der Waals surface area contributed by atoms with Crippen molar-refractivity contribution in [3.63, 3.8) is 0 Å². The lowest BCUT2D eigenvalue weighted by atomic mass is 9.99. The summed E-state index contributed by atoms with van der Waals surface area (Å²) in [4.78, 5) is 72.3. The molecule has 0 bridgehead atoms. The van der Waals surface area contributed by atoms with Crippen molar-refractivity contribution in [3.8, 4) is 22.4 Å². The first-order valence-corrected chi connectivity index (χ1v) is 23.5. The van der Waals surface area contributed by atoms with E-state index in [1.54, 1.807) is 18.0 Å². The highest BCUT2D eigenvalue weighted by Crippen LogP contribution is 2.39. The standard InChI is InChI=1S/C43H54N8O7Si/c1-24(2)35(48-42(54)57-5)40(52)51-23-59(7,8)22-34(51)39-45-31-18-16-29-20-28(15-17-30(29)37(31)47-39)26-11-13-27(14-12-26)32-21-44-38(46-32)33-10-9-19-50(33)41(53)36(25(3)56-4)49-43(55)58-6/h11-18,20-21,24-25,33-36H,9-10,19,22-23H2,1-8H3,(H,44,46)(H,45,47)(H,48,54)(H,49,55)/t25-,33+,34+,35+,36+/m1/s1. The molecule has 2 aliphatic rings. The second kappa shape index (κ2) is 16.9. The lowest BCUT2D eigenvalue weighted by Crippen LogP contribution is -2.54. The van der Waals surface area contributed by atoms with Gasteiger partial charge in [0.2, 0.25) is 11.8 Å². The Morgan fingerprint density at radius 1 is 0.797 bits per heavy atom. The van der Waals surface area contributed by atoms with Crippen molar-refractivity contribution in [2.45, 2.75) is 83.0 Å². The Hall–Kier alpha value is -5.74. The number of carbonyl (C=O) groups excluding carboxylic acids is 4. The third-order valence-corrected chi connectivity index (χ3v) is 14.4. The zero-order valence-corrected chi connectivity index (χ0v) is 35.9. The first-order chi connectivity index (χ1) is 28.2. The highest BCUT2D eigenvalue weighted by atomic mass is 28.3. The molecule has 2 saturated heterocycles. The van der Waals surface area contributed by atoms with Crippen molar-refractivity contribution in [2.24, 2.45) is 5.92 Å². The van der Waals surface area contributed by atoms with Gasteiger partial charge in [0.1, 0.15) is 23.7 Å². The van der Waals surface area contributed by atoms with Gasteiger partial charge in [0.15, 0.2) is 0 Å².